The van der Waals surface area contributed by atoms with E-state index < -0.39 is 5.97 Å². The summed E-state index contributed by atoms with van der Waals surface area (Å²) < 4.78 is 0. The predicted octanol–water partition coefficient (Wildman–Crippen LogP) is 6.58. The lowest BCUT2D eigenvalue weighted by Gasteiger charge is -2.12. The molecule has 0 bridgehead atoms. The second-order valence-corrected chi connectivity index (χ2v) is 6.50. The molecule has 21 heavy (non-hydrogen) atoms. The summed E-state index contributed by atoms with van der Waals surface area (Å²) in [4.78, 5) is 11.3. The lowest BCUT2D eigenvalue weighted by Crippen LogP contribution is -2.13. The van der Waals surface area contributed by atoms with E-state index in [0.29, 0.717) is 0 Å². The van der Waals surface area contributed by atoms with E-state index >= 15 is 0 Å². The lowest BCUT2D eigenvalue weighted by atomic mass is 9.94. The average Bonchev–Trinajstić information content (AvgIpc) is 2.47. The zero-order chi connectivity index (χ0) is 15.8. The van der Waals surface area contributed by atoms with E-state index in [4.69, 9.17) is 0 Å². The molecular weight excluding hydrogens is 260 g/mol. The highest BCUT2D eigenvalue weighted by Gasteiger charge is 2.16. The summed E-state index contributed by atoms with van der Waals surface area (Å²) in [6, 6.07) is 0. The molecule has 0 heterocycles. The molecule has 0 aliphatic heterocycles. The first kappa shape index (κ1) is 20.5. The van der Waals surface area contributed by atoms with Crippen LogP contribution in [-0.4, -0.2) is 11.1 Å². The van der Waals surface area contributed by atoms with Gasteiger partial charge in [0, 0.05) is 0 Å². The van der Waals surface area contributed by atoms with Gasteiger partial charge in [0.15, 0.2) is 0 Å². The first-order chi connectivity index (χ1) is 10.2. The molecule has 0 amide bonds. The summed E-state index contributed by atoms with van der Waals surface area (Å²) in [5.74, 6) is -0.667. The van der Waals surface area contributed by atoms with Crippen molar-refractivity contribution in [2.75, 3.05) is 0 Å². The SMILES string of the molecule is CCCCCCCCCCC(CCCCCCC)C(=O)O. The first-order valence-electron chi connectivity index (χ1n) is 9.45. The van der Waals surface area contributed by atoms with Crippen LogP contribution in [0.1, 0.15) is 110 Å². The fraction of sp³-hybridized carbons (Fsp3) is 0.947. The minimum atomic E-state index is -0.576. The molecule has 0 aliphatic carbocycles. The highest BCUT2D eigenvalue weighted by atomic mass is 16.4. The number of carboxylic acid groups (broad SMARTS) is 1. The van der Waals surface area contributed by atoms with Crippen molar-refractivity contribution in [3.05, 3.63) is 0 Å². The van der Waals surface area contributed by atoms with Gasteiger partial charge in [-0.15, -0.1) is 0 Å². The third-order valence-corrected chi connectivity index (χ3v) is 4.41. The van der Waals surface area contributed by atoms with E-state index in [1.165, 1.54) is 70.6 Å². The number of rotatable bonds is 16. The molecule has 2 heteroatoms. The fourth-order valence-electron chi connectivity index (χ4n) is 2.91. The highest BCUT2D eigenvalue weighted by Crippen LogP contribution is 2.19. The zero-order valence-electron chi connectivity index (χ0n) is 14.5. The molecule has 0 aromatic heterocycles. The Hall–Kier alpha value is -0.530. The van der Waals surface area contributed by atoms with E-state index in [2.05, 4.69) is 13.8 Å². The van der Waals surface area contributed by atoms with Gasteiger partial charge in [-0.3, -0.25) is 4.79 Å². The van der Waals surface area contributed by atoms with Crippen LogP contribution in [0.3, 0.4) is 0 Å². The molecule has 0 aromatic rings. The van der Waals surface area contributed by atoms with Crippen LogP contribution >= 0.6 is 0 Å². The van der Waals surface area contributed by atoms with Crippen LogP contribution in [0, 0.1) is 5.92 Å². The van der Waals surface area contributed by atoms with Crippen molar-refractivity contribution in [3.8, 4) is 0 Å². The van der Waals surface area contributed by atoms with Gasteiger partial charge in [-0.25, -0.2) is 0 Å². The Morgan fingerprint density at radius 3 is 1.33 bits per heavy atom. The largest absolute Gasteiger partial charge is 0.481 e. The molecule has 0 saturated carbocycles. The number of carbonyl (C=O) groups is 1. The maximum Gasteiger partial charge on any atom is 0.306 e. The lowest BCUT2D eigenvalue weighted by molar-refractivity contribution is -0.142. The molecule has 0 radical (unpaired) electrons. The van der Waals surface area contributed by atoms with Crippen molar-refractivity contribution in [3.63, 3.8) is 0 Å². The van der Waals surface area contributed by atoms with Crippen molar-refractivity contribution < 1.29 is 9.90 Å². The molecule has 126 valence electrons. The molecule has 1 N–H and O–H groups in total. The molecule has 0 saturated heterocycles. The Kier molecular flexibility index (Phi) is 15.5. The number of hydrogen-bond donors (Lipinski definition) is 1. The third kappa shape index (κ3) is 14.2. The van der Waals surface area contributed by atoms with Gasteiger partial charge >= 0.3 is 5.97 Å². The minimum Gasteiger partial charge on any atom is -0.481 e. The van der Waals surface area contributed by atoms with Crippen LogP contribution in [0.25, 0.3) is 0 Å². The summed E-state index contributed by atoms with van der Waals surface area (Å²) in [5, 5.41) is 9.28. The standard InChI is InChI=1S/C19H38O2/c1-3-5-7-9-10-11-13-15-17-18(19(20)21)16-14-12-8-6-4-2/h18H,3-17H2,1-2H3,(H,20,21). The minimum absolute atomic E-state index is 0.0910. The summed E-state index contributed by atoms with van der Waals surface area (Å²) >= 11 is 0. The molecule has 0 spiro atoms. The quantitative estimate of drug-likeness (QED) is 0.327. The summed E-state index contributed by atoms with van der Waals surface area (Å²) in [6.07, 6.45) is 18.2. The summed E-state index contributed by atoms with van der Waals surface area (Å²) in [7, 11) is 0. The van der Waals surface area contributed by atoms with Gasteiger partial charge in [-0.05, 0) is 12.8 Å². The van der Waals surface area contributed by atoms with Gasteiger partial charge in [0.2, 0.25) is 0 Å². The Morgan fingerprint density at radius 1 is 0.667 bits per heavy atom. The van der Waals surface area contributed by atoms with Crippen molar-refractivity contribution in [1.82, 2.24) is 0 Å². The molecule has 0 aromatic carbocycles. The van der Waals surface area contributed by atoms with Gasteiger partial charge in [0.1, 0.15) is 0 Å². The Bertz CT molecular complexity index is 226. The summed E-state index contributed by atoms with van der Waals surface area (Å²) in [6.45, 7) is 4.45. The van der Waals surface area contributed by atoms with E-state index in [1.54, 1.807) is 0 Å². The predicted molar refractivity (Wildman–Crippen MR) is 91.7 cm³/mol. The fourth-order valence-corrected chi connectivity index (χ4v) is 2.91. The Balaban J connectivity index is 3.50. The molecule has 1 unspecified atom stereocenters. The van der Waals surface area contributed by atoms with Gasteiger partial charge < -0.3 is 5.11 Å². The van der Waals surface area contributed by atoms with E-state index in [0.717, 1.165) is 25.7 Å². The second kappa shape index (κ2) is 15.9. The van der Waals surface area contributed by atoms with Gasteiger partial charge in [0.05, 0.1) is 5.92 Å². The molecular formula is C19H38O2. The first-order valence-corrected chi connectivity index (χ1v) is 9.45. The van der Waals surface area contributed by atoms with E-state index in [-0.39, 0.29) is 5.92 Å². The maximum atomic E-state index is 11.3. The van der Waals surface area contributed by atoms with Crippen molar-refractivity contribution >= 4 is 5.97 Å². The van der Waals surface area contributed by atoms with Crippen LogP contribution in [0.4, 0.5) is 0 Å². The van der Waals surface area contributed by atoms with Crippen LogP contribution in [0.5, 0.6) is 0 Å². The maximum absolute atomic E-state index is 11.3. The van der Waals surface area contributed by atoms with Gasteiger partial charge in [-0.1, -0.05) is 97.3 Å². The molecule has 0 rings (SSSR count). The highest BCUT2D eigenvalue weighted by molar-refractivity contribution is 5.69. The van der Waals surface area contributed by atoms with Crippen LogP contribution in [0.2, 0.25) is 0 Å². The average molecular weight is 299 g/mol. The topological polar surface area (TPSA) is 37.3 Å². The number of aliphatic carboxylic acids is 1. The zero-order valence-corrected chi connectivity index (χ0v) is 14.5. The van der Waals surface area contributed by atoms with Crippen LogP contribution < -0.4 is 0 Å². The van der Waals surface area contributed by atoms with Crippen LogP contribution in [-0.2, 0) is 4.79 Å². The normalized spacial score (nSPS) is 12.5. The van der Waals surface area contributed by atoms with E-state index in [9.17, 15) is 9.90 Å². The molecule has 0 fully saturated rings. The number of carboxylic acids is 1. The third-order valence-electron chi connectivity index (χ3n) is 4.41. The smallest absolute Gasteiger partial charge is 0.306 e. The Labute approximate surface area is 132 Å². The van der Waals surface area contributed by atoms with Gasteiger partial charge in [-0.2, -0.15) is 0 Å². The monoisotopic (exact) mass is 298 g/mol. The van der Waals surface area contributed by atoms with Gasteiger partial charge in [0.25, 0.3) is 0 Å². The molecule has 1 atom stereocenters. The van der Waals surface area contributed by atoms with Crippen molar-refractivity contribution in [2.24, 2.45) is 5.92 Å². The summed E-state index contributed by atoms with van der Waals surface area (Å²) in [5.41, 5.74) is 0. The van der Waals surface area contributed by atoms with Crippen LogP contribution in [0.15, 0.2) is 0 Å². The van der Waals surface area contributed by atoms with Crippen molar-refractivity contribution in [1.29, 1.82) is 0 Å². The molecule has 2 nitrogen and oxygen atoms in total. The van der Waals surface area contributed by atoms with Crippen molar-refractivity contribution in [2.45, 2.75) is 110 Å². The number of unbranched alkanes of at least 4 members (excludes halogenated alkanes) is 11. The second-order valence-electron chi connectivity index (χ2n) is 6.50. The molecule has 0 aliphatic rings. The Morgan fingerprint density at radius 2 is 1.00 bits per heavy atom. The van der Waals surface area contributed by atoms with E-state index in [1.807, 2.05) is 0 Å². The number of hydrogen-bond acceptors (Lipinski definition) is 1.